The van der Waals surface area contributed by atoms with Gasteiger partial charge in [-0.2, -0.15) is 0 Å². The highest BCUT2D eigenvalue weighted by molar-refractivity contribution is 9.10. The van der Waals surface area contributed by atoms with Crippen molar-refractivity contribution in [1.82, 2.24) is 0 Å². The number of carbonyl (C=O) groups excluding carboxylic acids is 1. The molecule has 1 aromatic heterocycles. The van der Waals surface area contributed by atoms with Crippen LogP contribution in [-0.4, -0.2) is 5.91 Å². The molecule has 16 heavy (non-hydrogen) atoms. The monoisotopic (exact) mass is 315 g/mol. The maximum absolute atomic E-state index is 11.8. The summed E-state index contributed by atoms with van der Waals surface area (Å²) in [6.45, 7) is 0. The molecule has 0 fully saturated rings. The molecule has 0 radical (unpaired) electrons. The summed E-state index contributed by atoms with van der Waals surface area (Å²) < 4.78 is 1.54. The molecule has 2 aromatic rings. The highest BCUT2D eigenvalue weighted by atomic mass is 79.9. The first-order chi connectivity index (χ1) is 7.65. The van der Waals surface area contributed by atoms with Gasteiger partial charge in [0.15, 0.2) is 0 Å². The van der Waals surface area contributed by atoms with Gasteiger partial charge in [0.1, 0.15) is 0 Å². The molecule has 2 nitrogen and oxygen atoms in total. The molecule has 1 aromatic carbocycles. The van der Waals surface area contributed by atoms with E-state index >= 15 is 0 Å². The van der Waals surface area contributed by atoms with Gasteiger partial charge in [0, 0.05) is 10.2 Å². The van der Waals surface area contributed by atoms with Crippen molar-refractivity contribution in [2.75, 3.05) is 5.32 Å². The molecule has 0 aliphatic rings. The second-order valence-corrected chi connectivity index (χ2v) is 5.70. The van der Waals surface area contributed by atoms with Gasteiger partial charge in [0.05, 0.1) is 9.21 Å². The zero-order valence-corrected chi connectivity index (χ0v) is 11.2. The fourth-order valence-corrected chi connectivity index (χ4v) is 2.53. The Balaban J connectivity index is 2.13. The first-order valence-electron chi connectivity index (χ1n) is 4.47. The van der Waals surface area contributed by atoms with Crippen molar-refractivity contribution in [1.29, 1.82) is 0 Å². The van der Waals surface area contributed by atoms with Crippen LogP contribution in [-0.2, 0) is 0 Å². The van der Waals surface area contributed by atoms with E-state index in [9.17, 15) is 4.79 Å². The topological polar surface area (TPSA) is 29.1 Å². The van der Waals surface area contributed by atoms with Crippen LogP contribution in [0.25, 0.3) is 0 Å². The van der Waals surface area contributed by atoms with Gasteiger partial charge in [-0.1, -0.05) is 33.6 Å². The summed E-state index contributed by atoms with van der Waals surface area (Å²) in [5.41, 5.74) is 0.754. The van der Waals surface area contributed by atoms with Crippen molar-refractivity contribution < 1.29 is 4.79 Å². The molecule has 1 N–H and O–H groups in total. The van der Waals surface area contributed by atoms with Gasteiger partial charge in [-0.3, -0.25) is 4.79 Å². The van der Waals surface area contributed by atoms with Crippen LogP contribution in [0.5, 0.6) is 0 Å². The van der Waals surface area contributed by atoms with Crippen LogP contribution in [0.1, 0.15) is 9.67 Å². The summed E-state index contributed by atoms with van der Waals surface area (Å²) in [7, 11) is 0. The molecule has 82 valence electrons. The zero-order chi connectivity index (χ0) is 11.5. The SMILES string of the molecule is O=C(Nc1cccc(Br)c1)c1ccc(Cl)s1. The number of nitrogens with one attached hydrogen (secondary N) is 1. The average molecular weight is 317 g/mol. The number of hydrogen-bond donors (Lipinski definition) is 1. The number of anilines is 1. The minimum atomic E-state index is -0.144. The number of hydrogen-bond acceptors (Lipinski definition) is 2. The molecule has 0 aliphatic carbocycles. The zero-order valence-electron chi connectivity index (χ0n) is 8.04. The maximum atomic E-state index is 11.8. The Morgan fingerprint density at radius 2 is 2.12 bits per heavy atom. The Morgan fingerprint density at radius 1 is 1.31 bits per heavy atom. The van der Waals surface area contributed by atoms with Gasteiger partial charge in [0.25, 0.3) is 5.91 Å². The summed E-state index contributed by atoms with van der Waals surface area (Å²) in [6, 6.07) is 10.9. The molecule has 5 heteroatoms. The van der Waals surface area contributed by atoms with E-state index in [0.717, 1.165) is 10.2 Å². The van der Waals surface area contributed by atoms with Gasteiger partial charge in [-0.25, -0.2) is 0 Å². The lowest BCUT2D eigenvalue weighted by Gasteiger charge is -2.03. The Labute approximate surface area is 110 Å². The summed E-state index contributed by atoms with van der Waals surface area (Å²) in [5.74, 6) is -0.144. The molecule has 2 rings (SSSR count). The summed E-state index contributed by atoms with van der Waals surface area (Å²) in [6.07, 6.45) is 0. The van der Waals surface area contributed by atoms with E-state index in [-0.39, 0.29) is 5.91 Å². The predicted molar refractivity (Wildman–Crippen MR) is 71.4 cm³/mol. The Hall–Kier alpha value is -0.840. The molecular formula is C11H7BrClNOS. The highest BCUT2D eigenvalue weighted by Gasteiger charge is 2.08. The maximum Gasteiger partial charge on any atom is 0.265 e. The van der Waals surface area contributed by atoms with Crippen molar-refractivity contribution in [3.05, 3.63) is 50.1 Å². The van der Waals surface area contributed by atoms with Crippen LogP contribution in [0.3, 0.4) is 0 Å². The summed E-state index contributed by atoms with van der Waals surface area (Å²) in [4.78, 5) is 12.4. The summed E-state index contributed by atoms with van der Waals surface area (Å²) in [5, 5.41) is 2.80. The second kappa shape index (κ2) is 4.99. The molecule has 0 atom stereocenters. The van der Waals surface area contributed by atoms with E-state index in [2.05, 4.69) is 21.2 Å². The Kier molecular flexibility index (Phi) is 3.63. The molecule has 1 amide bonds. The van der Waals surface area contributed by atoms with E-state index in [1.165, 1.54) is 11.3 Å². The first-order valence-corrected chi connectivity index (χ1v) is 6.46. The molecule has 0 bridgehead atoms. The summed E-state index contributed by atoms with van der Waals surface area (Å²) >= 11 is 10.4. The average Bonchev–Trinajstić information content (AvgIpc) is 2.65. The van der Waals surface area contributed by atoms with Crippen molar-refractivity contribution in [2.45, 2.75) is 0 Å². The molecule has 0 spiro atoms. The number of thiophene rings is 1. The van der Waals surface area contributed by atoms with Crippen LogP contribution in [0.2, 0.25) is 4.34 Å². The molecule has 0 aliphatic heterocycles. The number of halogens is 2. The lowest BCUT2D eigenvalue weighted by molar-refractivity contribution is 0.103. The number of amides is 1. The lowest BCUT2D eigenvalue weighted by Crippen LogP contribution is -2.09. The van der Waals surface area contributed by atoms with Crippen LogP contribution in [0.4, 0.5) is 5.69 Å². The van der Waals surface area contributed by atoms with Gasteiger partial charge < -0.3 is 5.32 Å². The van der Waals surface area contributed by atoms with Crippen LogP contribution < -0.4 is 5.32 Å². The third kappa shape index (κ3) is 2.84. The minimum absolute atomic E-state index is 0.144. The quantitative estimate of drug-likeness (QED) is 0.873. The van der Waals surface area contributed by atoms with Crippen molar-refractivity contribution in [3.63, 3.8) is 0 Å². The van der Waals surface area contributed by atoms with E-state index in [1.807, 2.05) is 24.3 Å². The fourth-order valence-electron chi connectivity index (χ4n) is 1.20. The van der Waals surface area contributed by atoms with E-state index < -0.39 is 0 Å². The van der Waals surface area contributed by atoms with E-state index in [4.69, 9.17) is 11.6 Å². The molecule has 1 heterocycles. The fraction of sp³-hybridized carbons (Fsp3) is 0. The largest absolute Gasteiger partial charge is 0.321 e. The molecule has 0 saturated carbocycles. The van der Waals surface area contributed by atoms with Crippen molar-refractivity contribution in [2.24, 2.45) is 0 Å². The normalized spacial score (nSPS) is 10.1. The second-order valence-electron chi connectivity index (χ2n) is 3.07. The lowest BCUT2D eigenvalue weighted by atomic mass is 10.3. The van der Waals surface area contributed by atoms with Gasteiger partial charge >= 0.3 is 0 Å². The minimum Gasteiger partial charge on any atom is -0.321 e. The molecule has 0 unspecified atom stereocenters. The Morgan fingerprint density at radius 3 is 2.75 bits per heavy atom. The van der Waals surface area contributed by atoms with Crippen LogP contribution in [0, 0.1) is 0 Å². The van der Waals surface area contributed by atoms with Gasteiger partial charge in [0.2, 0.25) is 0 Å². The molecule has 0 saturated heterocycles. The van der Waals surface area contributed by atoms with Crippen molar-refractivity contribution >= 4 is 50.5 Å². The third-order valence-electron chi connectivity index (χ3n) is 1.88. The van der Waals surface area contributed by atoms with Gasteiger partial charge in [-0.05, 0) is 30.3 Å². The van der Waals surface area contributed by atoms with Crippen LogP contribution in [0.15, 0.2) is 40.9 Å². The third-order valence-corrected chi connectivity index (χ3v) is 3.60. The van der Waals surface area contributed by atoms with E-state index in [1.54, 1.807) is 12.1 Å². The van der Waals surface area contributed by atoms with Gasteiger partial charge in [-0.15, -0.1) is 11.3 Å². The Bertz CT molecular complexity index is 526. The number of benzene rings is 1. The number of carbonyl (C=O) groups is 1. The van der Waals surface area contributed by atoms with Crippen molar-refractivity contribution in [3.8, 4) is 0 Å². The number of rotatable bonds is 2. The standard InChI is InChI=1S/C11H7BrClNOS/c12-7-2-1-3-8(6-7)14-11(15)9-4-5-10(13)16-9/h1-6H,(H,14,15). The van der Waals surface area contributed by atoms with E-state index in [0.29, 0.717) is 9.21 Å². The predicted octanol–water partition coefficient (Wildman–Crippen LogP) is 4.42. The first kappa shape index (κ1) is 11.6. The smallest absolute Gasteiger partial charge is 0.265 e. The highest BCUT2D eigenvalue weighted by Crippen LogP contribution is 2.23. The van der Waals surface area contributed by atoms with Crippen LogP contribution >= 0.6 is 38.9 Å². The molecular weight excluding hydrogens is 310 g/mol.